The van der Waals surface area contributed by atoms with Gasteiger partial charge in [-0.3, -0.25) is 0 Å². The van der Waals surface area contributed by atoms with Gasteiger partial charge in [0.1, 0.15) is 5.75 Å². The average molecular weight is 297 g/mol. The molecular formula is C12H16ClF3N2O. The molecule has 0 aliphatic heterocycles. The number of hydrogen-bond acceptors (Lipinski definition) is 3. The molecule has 0 bridgehead atoms. The van der Waals surface area contributed by atoms with Gasteiger partial charge in [0.2, 0.25) is 0 Å². The first kappa shape index (κ1) is 16.1. The zero-order valence-corrected chi connectivity index (χ0v) is 11.0. The quantitative estimate of drug-likeness (QED) is 0.791. The molecule has 0 unspecified atom stereocenters. The second kappa shape index (κ2) is 6.98. The molecule has 4 N–H and O–H groups in total. The van der Waals surface area contributed by atoms with Crippen molar-refractivity contribution in [3.05, 3.63) is 28.8 Å². The largest absolute Gasteiger partial charge is 0.573 e. The van der Waals surface area contributed by atoms with Gasteiger partial charge in [-0.2, -0.15) is 0 Å². The summed E-state index contributed by atoms with van der Waals surface area (Å²) in [4.78, 5) is 0. The molecule has 1 atom stereocenters. The van der Waals surface area contributed by atoms with Crippen LogP contribution >= 0.6 is 11.6 Å². The third kappa shape index (κ3) is 5.67. The first-order valence-electron chi connectivity index (χ1n) is 5.84. The van der Waals surface area contributed by atoms with Gasteiger partial charge < -0.3 is 16.2 Å². The van der Waals surface area contributed by atoms with E-state index < -0.39 is 12.1 Å². The molecule has 0 saturated carbocycles. The van der Waals surface area contributed by atoms with E-state index in [2.05, 4.69) is 4.74 Å². The summed E-state index contributed by atoms with van der Waals surface area (Å²) in [5.41, 5.74) is 12.0. The van der Waals surface area contributed by atoms with Crippen molar-refractivity contribution in [1.29, 1.82) is 0 Å². The van der Waals surface area contributed by atoms with Crippen molar-refractivity contribution in [1.82, 2.24) is 0 Å². The number of alkyl halides is 3. The summed E-state index contributed by atoms with van der Waals surface area (Å²) in [6.07, 6.45) is -2.34. The van der Waals surface area contributed by atoms with Gasteiger partial charge in [0.25, 0.3) is 0 Å². The smallest absolute Gasteiger partial charge is 0.404 e. The topological polar surface area (TPSA) is 61.3 Å². The van der Waals surface area contributed by atoms with E-state index in [0.717, 1.165) is 12.8 Å². The third-order valence-corrected chi connectivity index (χ3v) is 2.87. The van der Waals surface area contributed by atoms with Gasteiger partial charge in [0.15, 0.2) is 0 Å². The Labute approximate surface area is 114 Å². The normalized spacial score (nSPS) is 13.4. The summed E-state index contributed by atoms with van der Waals surface area (Å²) in [6.45, 7) is 0.589. The molecule has 0 aromatic heterocycles. The lowest BCUT2D eigenvalue weighted by molar-refractivity contribution is -0.274. The van der Waals surface area contributed by atoms with Crippen LogP contribution in [-0.4, -0.2) is 12.9 Å². The minimum Gasteiger partial charge on any atom is -0.404 e. The summed E-state index contributed by atoms with van der Waals surface area (Å²) >= 11 is 5.74. The number of ether oxygens (including phenoxy) is 1. The Morgan fingerprint density at radius 1 is 1.26 bits per heavy atom. The lowest BCUT2D eigenvalue weighted by atomic mass is 10.0. The van der Waals surface area contributed by atoms with Gasteiger partial charge in [0, 0.05) is 6.04 Å². The molecule has 0 aliphatic carbocycles. The molecule has 0 saturated heterocycles. The fourth-order valence-electron chi connectivity index (χ4n) is 1.63. The Hall–Kier alpha value is -0.980. The molecule has 0 fully saturated rings. The van der Waals surface area contributed by atoms with Gasteiger partial charge in [0.05, 0.1) is 5.02 Å². The van der Waals surface area contributed by atoms with Crippen LogP contribution in [0.2, 0.25) is 5.02 Å². The summed E-state index contributed by atoms with van der Waals surface area (Å²) in [5.74, 6) is -0.424. The van der Waals surface area contributed by atoms with Crippen LogP contribution < -0.4 is 16.2 Å². The highest BCUT2D eigenvalue weighted by molar-refractivity contribution is 6.32. The lowest BCUT2D eigenvalue weighted by Gasteiger charge is -2.15. The molecule has 0 amide bonds. The van der Waals surface area contributed by atoms with E-state index in [1.54, 1.807) is 0 Å². The molecule has 1 aromatic carbocycles. The van der Waals surface area contributed by atoms with Crippen LogP contribution in [0.5, 0.6) is 5.75 Å². The van der Waals surface area contributed by atoms with Crippen molar-refractivity contribution < 1.29 is 17.9 Å². The van der Waals surface area contributed by atoms with Crippen LogP contribution in [0.1, 0.15) is 30.9 Å². The maximum Gasteiger partial charge on any atom is 0.573 e. The Balaban J connectivity index is 2.70. The highest BCUT2D eigenvalue weighted by Crippen LogP contribution is 2.32. The number of nitrogens with two attached hydrogens (primary N) is 2. The minimum absolute atomic E-state index is 0.107. The zero-order valence-electron chi connectivity index (χ0n) is 10.2. The molecule has 0 radical (unpaired) electrons. The highest BCUT2D eigenvalue weighted by atomic mass is 35.5. The maximum absolute atomic E-state index is 12.1. The molecule has 0 spiro atoms. The van der Waals surface area contributed by atoms with E-state index in [1.165, 1.54) is 18.2 Å². The number of rotatable bonds is 6. The van der Waals surface area contributed by atoms with Crippen molar-refractivity contribution in [2.75, 3.05) is 6.54 Å². The van der Waals surface area contributed by atoms with Crippen molar-refractivity contribution in [2.24, 2.45) is 11.5 Å². The second-order valence-electron chi connectivity index (χ2n) is 4.13. The van der Waals surface area contributed by atoms with E-state index in [4.69, 9.17) is 23.1 Å². The molecule has 0 heterocycles. The Kier molecular flexibility index (Phi) is 5.90. The summed E-state index contributed by atoms with van der Waals surface area (Å²) < 4.78 is 40.0. The van der Waals surface area contributed by atoms with E-state index in [9.17, 15) is 13.2 Å². The van der Waals surface area contributed by atoms with Crippen molar-refractivity contribution in [3.8, 4) is 5.75 Å². The molecule has 108 valence electrons. The van der Waals surface area contributed by atoms with Gasteiger partial charge >= 0.3 is 6.36 Å². The summed E-state index contributed by atoms with van der Waals surface area (Å²) in [5, 5.41) is -0.107. The minimum atomic E-state index is -4.76. The third-order valence-electron chi connectivity index (χ3n) is 2.58. The Morgan fingerprint density at radius 3 is 2.47 bits per heavy atom. The molecule has 1 aromatic rings. The Bertz CT molecular complexity index is 412. The maximum atomic E-state index is 12.1. The number of hydrogen-bond donors (Lipinski definition) is 2. The summed E-state index contributed by atoms with van der Waals surface area (Å²) in [7, 11) is 0. The standard InChI is InChI=1S/C12H16ClF3N2O/c13-9-7-8(10(18)3-1-2-6-17)4-5-11(9)19-12(14,15)16/h4-5,7,10H,1-3,6,17-18H2/t10-/m0/s1. The molecule has 7 heteroatoms. The number of benzene rings is 1. The van der Waals surface area contributed by atoms with Crippen molar-refractivity contribution in [3.63, 3.8) is 0 Å². The zero-order chi connectivity index (χ0) is 14.5. The first-order chi connectivity index (χ1) is 8.83. The van der Waals surface area contributed by atoms with Crippen LogP contribution in [0.4, 0.5) is 13.2 Å². The fraction of sp³-hybridized carbons (Fsp3) is 0.500. The van der Waals surface area contributed by atoms with Gasteiger partial charge in [-0.25, -0.2) is 0 Å². The van der Waals surface area contributed by atoms with E-state index in [-0.39, 0.29) is 11.1 Å². The van der Waals surface area contributed by atoms with E-state index in [0.29, 0.717) is 18.5 Å². The molecule has 1 rings (SSSR count). The lowest BCUT2D eigenvalue weighted by Crippen LogP contribution is -2.17. The SMILES string of the molecule is NCCCC[C@H](N)c1ccc(OC(F)(F)F)c(Cl)c1. The van der Waals surface area contributed by atoms with Gasteiger partial charge in [-0.1, -0.05) is 24.1 Å². The predicted molar refractivity (Wildman–Crippen MR) is 68.0 cm³/mol. The predicted octanol–water partition coefficient (Wildman–Crippen LogP) is 3.37. The molecule has 19 heavy (non-hydrogen) atoms. The van der Waals surface area contributed by atoms with Gasteiger partial charge in [-0.05, 0) is 37.1 Å². The van der Waals surface area contributed by atoms with Crippen LogP contribution in [0.25, 0.3) is 0 Å². The van der Waals surface area contributed by atoms with E-state index >= 15 is 0 Å². The van der Waals surface area contributed by atoms with E-state index in [1.807, 2.05) is 0 Å². The van der Waals surface area contributed by atoms with Crippen LogP contribution in [-0.2, 0) is 0 Å². The Morgan fingerprint density at radius 2 is 1.95 bits per heavy atom. The second-order valence-corrected chi connectivity index (χ2v) is 4.54. The highest BCUT2D eigenvalue weighted by Gasteiger charge is 2.32. The molecular weight excluding hydrogens is 281 g/mol. The van der Waals surface area contributed by atoms with Crippen molar-refractivity contribution >= 4 is 11.6 Å². The molecule has 0 aliphatic rings. The van der Waals surface area contributed by atoms with Gasteiger partial charge in [-0.15, -0.1) is 13.2 Å². The van der Waals surface area contributed by atoms with Crippen molar-refractivity contribution in [2.45, 2.75) is 31.7 Å². The fourth-order valence-corrected chi connectivity index (χ4v) is 1.86. The number of halogens is 4. The van der Waals surface area contributed by atoms with Crippen LogP contribution in [0.15, 0.2) is 18.2 Å². The first-order valence-corrected chi connectivity index (χ1v) is 6.22. The average Bonchev–Trinajstić information content (AvgIpc) is 2.30. The monoisotopic (exact) mass is 296 g/mol. The number of unbranched alkanes of at least 4 members (excludes halogenated alkanes) is 1. The van der Waals surface area contributed by atoms with Crippen LogP contribution in [0.3, 0.4) is 0 Å². The molecule has 3 nitrogen and oxygen atoms in total. The summed E-state index contributed by atoms with van der Waals surface area (Å²) in [6, 6.07) is 3.79. The van der Waals surface area contributed by atoms with Crippen LogP contribution in [0, 0.1) is 0 Å².